The van der Waals surface area contributed by atoms with Gasteiger partial charge in [0.15, 0.2) is 0 Å². The molecule has 0 unspecified atom stereocenters. The van der Waals surface area contributed by atoms with Gasteiger partial charge in [0, 0.05) is 11.3 Å². The van der Waals surface area contributed by atoms with Crippen LogP contribution in [-0.4, -0.2) is 10.9 Å². The maximum absolute atomic E-state index is 9.06. The van der Waals surface area contributed by atoms with E-state index in [1.165, 1.54) is 0 Å². The highest BCUT2D eigenvalue weighted by Crippen LogP contribution is 2.13. The van der Waals surface area contributed by atoms with Crippen molar-refractivity contribution >= 4 is 17.5 Å². The van der Waals surface area contributed by atoms with E-state index in [4.69, 9.17) is 10.9 Å². The summed E-state index contributed by atoms with van der Waals surface area (Å²) >= 11 is 0. The van der Waals surface area contributed by atoms with Gasteiger partial charge in [-0.05, 0) is 17.7 Å². The Hall–Kier alpha value is -2.55. The Morgan fingerprint density at radius 2 is 1.67 bits per heavy atom. The highest BCUT2D eigenvalue weighted by Gasteiger charge is 2.03. The van der Waals surface area contributed by atoms with Crippen LogP contribution in [0.5, 0.6) is 0 Å². The third-order valence-corrected chi connectivity index (χ3v) is 2.58. The summed E-state index contributed by atoms with van der Waals surface area (Å²) in [5.41, 5.74) is 8.62. The molecule has 2 aromatic carbocycles. The van der Waals surface area contributed by atoms with Gasteiger partial charge in [-0.3, -0.25) is 0 Å². The molecule has 0 heterocycles. The first-order chi connectivity index (χ1) is 8.81. The van der Waals surface area contributed by atoms with Crippen molar-refractivity contribution in [2.45, 2.75) is 0 Å². The number of benzene rings is 2. The molecular formula is C15H14N2O. The zero-order valence-corrected chi connectivity index (χ0v) is 9.82. The normalized spacial score (nSPS) is 11.9. The average molecular weight is 238 g/mol. The molecule has 0 saturated heterocycles. The second-order valence-corrected chi connectivity index (χ2v) is 3.82. The lowest BCUT2D eigenvalue weighted by Crippen LogP contribution is -2.01. The van der Waals surface area contributed by atoms with E-state index in [0.29, 0.717) is 17.0 Å². The van der Waals surface area contributed by atoms with Crippen molar-refractivity contribution in [2.24, 2.45) is 5.16 Å². The number of nitrogen functional groups attached to an aromatic ring is 1. The third-order valence-electron chi connectivity index (χ3n) is 2.58. The largest absolute Gasteiger partial charge is 0.410 e. The van der Waals surface area contributed by atoms with Crippen LogP contribution >= 0.6 is 0 Å². The minimum Gasteiger partial charge on any atom is -0.410 e. The van der Waals surface area contributed by atoms with Crippen molar-refractivity contribution in [1.82, 2.24) is 0 Å². The summed E-state index contributed by atoms with van der Waals surface area (Å²) in [7, 11) is 0. The number of hydrogen-bond acceptors (Lipinski definition) is 3. The molecule has 0 aliphatic rings. The molecule has 0 saturated carbocycles. The fourth-order valence-electron chi connectivity index (χ4n) is 1.65. The molecule has 3 N–H and O–H groups in total. The summed E-state index contributed by atoms with van der Waals surface area (Å²) in [6, 6.07) is 17.1. The fraction of sp³-hybridized carbons (Fsp3) is 0. The predicted octanol–water partition coefficient (Wildman–Crippen LogP) is 3.16. The van der Waals surface area contributed by atoms with Gasteiger partial charge in [-0.15, -0.1) is 0 Å². The first-order valence-corrected chi connectivity index (χ1v) is 5.61. The molecule has 0 bridgehead atoms. The lowest BCUT2D eigenvalue weighted by molar-refractivity contribution is 0.320. The van der Waals surface area contributed by atoms with Crippen LogP contribution in [-0.2, 0) is 0 Å². The van der Waals surface area contributed by atoms with Gasteiger partial charge in [-0.25, -0.2) is 0 Å². The van der Waals surface area contributed by atoms with Crippen LogP contribution in [0.3, 0.4) is 0 Å². The molecule has 90 valence electrons. The summed E-state index contributed by atoms with van der Waals surface area (Å²) < 4.78 is 0. The molecule has 2 rings (SSSR count). The predicted molar refractivity (Wildman–Crippen MR) is 74.7 cm³/mol. The Bertz CT molecular complexity index is 574. The van der Waals surface area contributed by atoms with E-state index >= 15 is 0 Å². The number of oxime groups is 1. The first-order valence-electron chi connectivity index (χ1n) is 5.61. The molecule has 0 aliphatic carbocycles. The zero-order chi connectivity index (χ0) is 12.8. The Morgan fingerprint density at radius 3 is 2.33 bits per heavy atom. The number of para-hydroxylation sites is 1. The van der Waals surface area contributed by atoms with Crippen LogP contribution < -0.4 is 5.73 Å². The first kappa shape index (κ1) is 11.9. The van der Waals surface area contributed by atoms with E-state index in [1.54, 1.807) is 12.1 Å². The van der Waals surface area contributed by atoms with Crippen molar-refractivity contribution < 1.29 is 5.21 Å². The number of rotatable bonds is 3. The monoisotopic (exact) mass is 238 g/mol. The highest BCUT2D eigenvalue weighted by atomic mass is 16.4. The van der Waals surface area contributed by atoms with E-state index < -0.39 is 0 Å². The maximum Gasteiger partial charge on any atom is 0.111 e. The molecule has 3 heteroatoms. The molecule has 2 aromatic rings. The molecule has 3 nitrogen and oxygen atoms in total. The Kier molecular flexibility index (Phi) is 3.76. The molecule has 0 radical (unpaired) electrons. The number of nitrogens with zero attached hydrogens (tertiary/aromatic N) is 1. The summed E-state index contributed by atoms with van der Waals surface area (Å²) in [4.78, 5) is 0. The van der Waals surface area contributed by atoms with Gasteiger partial charge in [-0.1, -0.05) is 59.8 Å². The molecule has 0 atom stereocenters. The number of allylic oxidation sites excluding steroid dienone is 1. The van der Waals surface area contributed by atoms with Gasteiger partial charge in [0.05, 0.1) is 0 Å². The van der Waals surface area contributed by atoms with E-state index in [0.717, 1.165) is 5.56 Å². The molecule has 0 spiro atoms. The maximum atomic E-state index is 9.06. The van der Waals surface area contributed by atoms with Gasteiger partial charge in [0.2, 0.25) is 0 Å². The Morgan fingerprint density at radius 1 is 1.00 bits per heavy atom. The minimum absolute atomic E-state index is 0.442. The van der Waals surface area contributed by atoms with E-state index in [-0.39, 0.29) is 0 Å². The van der Waals surface area contributed by atoms with E-state index in [1.807, 2.05) is 54.6 Å². The summed E-state index contributed by atoms with van der Waals surface area (Å²) in [6.07, 6.45) is 3.61. The van der Waals surface area contributed by atoms with Gasteiger partial charge >= 0.3 is 0 Å². The second kappa shape index (κ2) is 5.68. The van der Waals surface area contributed by atoms with Gasteiger partial charge in [0.1, 0.15) is 5.71 Å². The van der Waals surface area contributed by atoms with Crippen molar-refractivity contribution in [1.29, 1.82) is 0 Å². The van der Waals surface area contributed by atoms with Crippen molar-refractivity contribution in [3.8, 4) is 0 Å². The van der Waals surface area contributed by atoms with Crippen LogP contribution in [0.2, 0.25) is 0 Å². The van der Waals surface area contributed by atoms with Crippen LogP contribution in [0.15, 0.2) is 65.8 Å². The number of hydrogen-bond donors (Lipinski definition) is 2. The summed E-state index contributed by atoms with van der Waals surface area (Å²) in [5.74, 6) is 0. The molecule has 0 aromatic heterocycles. The minimum atomic E-state index is 0.442. The standard InChI is InChI=1S/C15H14N2O/c16-14-9-5-4-8-13(14)15(17-18)11-10-12-6-2-1-3-7-12/h1-11,18H,16H2/b11-10+,17-15+. The van der Waals surface area contributed by atoms with Crippen LogP contribution in [0.1, 0.15) is 11.1 Å². The van der Waals surface area contributed by atoms with E-state index in [9.17, 15) is 0 Å². The van der Waals surface area contributed by atoms with Gasteiger partial charge in [-0.2, -0.15) is 0 Å². The molecule has 18 heavy (non-hydrogen) atoms. The summed E-state index contributed by atoms with van der Waals surface area (Å²) in [6.45, 7) is 0. The average Bonchev–Trinajstić information content (AvgIpc) is 2.42. The third kappa shape index (κ3) is 2.77. The fourth-order valence-corrected chi connectivity index (χ4v) is 1.65. The number of nitrogens with two attached hydrogens (primary N) is 1. The Balaban J connectivity index is 2.27. The Labute approximate surface area is 106 Å². The van der Waals surface area contributed by atoms with Crippen molar-refractivity contribution in [2.75, 3.05) is 5.73 Å². The second-order valence-electron chi connectivity index (χ2n) is 3.82. The number of anilines is 1. The highest BCUT2D eigenvalue weighted by molar-refractivity contribution is 6.13. The lowest BCUT2D eigenvalue weighted by Gasteiger charge is -2.03. The van der Waals surface area contributed by atoms with Crippen molar-refractivity contribution in [3.05, 3.63) is 71.8 Å². The molecule has 0 amide bonds. The SMILES string of the molecule is Nc1ccccc1C(/C=C/c1ccccc1)=N/O. The van der Waals surface area contributed by atoms with Gasteiger partial charge in [0.25, 0.3) is 0 Å². The molecule has 0 aliphatic heterocycles. The van der Waals surface area contributed by atoms with Crippen LogP contribution in [0.25, 0.3) is 6.08 Å². The van der Waals surface area contributed by atoms with Crippen LogP contribution in [0.4, 0.5) is 5.69 Å². The molecular weight excluding hydrogens is 224 g/mol. The zero-order valence-electron chi connectivity index (χ0n) is 9.82. The molecule has 0 fully saturated rings. The van der Waals surface area contributed by atoms with E-state index in [2.05, 4.69) is 5.16 Å². The topological polar surface area (TPSA) is 58.6 Å². The van der Waals surface area contributed by atoms with Gasteiger partial charge < -0.3 is 10.9 Å². The quantitative estimate of drug-likeness (QED) is 0.373. The van der Waals surface area contributed by atoms with Crippen molar-refractivity contribution in [3.63, 3.8) is 0 Å². The lowest BCUT2D eigenvalue weighted by atomic mass is 10.1. The summed E-state index contributed by atoms with van der Waals surface area (Å²) in [5, 5.41) is 12.3. The van der Waals surface area contributed by atoms with Crippen LogP contribution in [0, 0.1) is 0 Å². The smallest absolute Gasteiger partial charge is 0.111 e.